The molecule has 19 heavy (non-hydrogen) atoms. The Morgan fingerprint density at radius 3 is 2.37 bits per heavy atom. The minimum atomic E-state index is -1.04. The van der Waals surface area contributed by atoms with Crippen LogP contribution in [0.1, 0.15) is 10.4 Å². The van der Waals surface area contributed by atoms with E-state index in [1.54, 1.807) is 0 Å². The standard InChI is InChI=1S/C11H7F2N3O3/c12-6-2-1-3-7(13)8(6)15-9(17)5-4-14-11(19)16-10(5)18/h1-4H,(H,15,17)(H2,14,16,18,19). The zero-order chi connectivity index (χ0) is 14.0. The van der Waals surface area contributed by atoms with Gasteiger partial charge in [-0.2, -0.15) is 0 Å². The smallest absolute Gasteiger partial charge is 0.317 e. The number of H-pyrrole nitrogens is 2. The van der Waals surface area contributed by atoms with Crippen molar-refractivity contribution in [3.8, 4) is 0 Å². The fraction of sp³-hybridized carbons (Fsp3) is 0. The Bertz CT molecular complexity index is 731. The molecule has 0 atom stereocenters. The molecule has 1 aromatic heterocycles. The van der Waals surface area contributed by atoms with Gasteiger partial charge in [-0.05, 0) is 12.1 Å². The third-order valence-electron chi connectivity index (χ3n) is 2.27. The van der Waals surface area contributed by atoms with E-state index in [4.69, 9.17) is 0 Å². The molecule has 0 aliphatic heterocycles. The Balaban J connectivity index is 2.36. The zero-order valence-electron chi connectivity index (χ0n) is 9.29. The van der Waals surface area contributed by atoms with Gasteiger partial charge in [0.15, 0.2) is 0 Å². The molecule has 1 aromatic carbocycles. The molecule has 0 unspecified atom stereocenters. The number of amides is 1. The minimum absolute atomic E-state index is 0.470. The number of anilines is 1. The Labute approximate surface area is 104 Å². The molecule has 98 valence electrons. The molecule has 0 saturated carbocycles. The number of rotatable bonds is 2. The SMILES string of the molecule is O=C(Nc1c(F)cccc1F)c1c[nH]c(=O)[nH]c1=O. The zero-order valence-corrected chi connectivity index (χ0v) is 9.29. The number of hydrogen-bond donors (Lipinski definition) is 3. The molecular weight excluding hydrogens is 260 g/mol. The van der Waals surface area contributed by atoms with Crippen molar-refractivity contribution in [2.45, 2.75) is 0 Å². The second kappa shape index (κ2) is 4.84. The minimum Gasteiger partial charge on any atom is -0.317 e. The number of aromatic nitrogens is 2. The molecule has 0 radical (unpaired) electrons. The highest BCUT2D eigenvalue weighted by Crippen LogP contribution is 2.18. The Morgan fingerprint density at radius 1 is 1.16 bits per heavy atom. The predicted octanol–water partition coefficient (Wildman–Crippen LogP) is 0.594. The lowest BCUT2D eigenvalue weighted by Crippen LogP contribution is -2.30. The second-order valence-electron chi connectivity index (χ2n) is 3.54. The summed E-state index contributed by atoms with van der Waals surface area (Å²) in [6.07, 6.45) is 0.856. The first-order valence-corrected chi connectivity index (χ1v) is 5.06. The van der Waals surface area contributed by atoms with Crippen LogP contribution in [0.5, 0.6) is 0 Å². The van der Waals surface area contributed by atoms with E-state index in [0.717, 1.165) is 24.4 Å². The summed E-state index contributed by atoms with van der Waals surface area (Å²) >= 11 is 0. The number of para-hydroxylation sites is 1. The van der Waals surface area contributed by atoms with Crippen LogP contribution in [0.2, 0.25) is 0 Å². The molecule has 6 nitrogen and oxygen atoms in total. The molecule has 1 amide bonds. The first-order valence-electron chi connectivity index (χ1n) is 5.06. The van der Waals surface area contributed by atoms with Gasteiger partial charge in [0, 0.05) is 6.20 Å². The summed E-state index contributed by atoms with van der Waals surface area (Å²) in [4.78, 5) is 37.6. The van der Waals surface area contributed by atoms with Crippen LogP contribution in [0, 0.1) is 11.6 Å². The number of aromatic amines is 2. The third-order valence-corrected chi connectivity index (χ3v) is 2.27. The van der Waals surface area contributed by atoms with Gasteiger partial charge in [0.05, 0.1) is 0 Å². The highest BCUT2D eigenvalue weighted by molar-refractivity contribution is 6.03. The maximum Gasteiger partial charge on any atom is 0.325 e. The van der Waals surface area contributed by atoms with Crippen LogP contribution >= 0.6 is 0 Å². The van der Waals surface area contributed by atoms with Crippen molar-refractivity contribution in [2.75, 3.05) is 5.32 Å². The average Bonchev–Trinajstić information content (AvgIpc) is 2.33. The summed E-state index contributed by atoms with van der Waals surface area (Å²) in [5, 5.41) is 1.92. The number of benzene rings is 1. The van der Waals surface area contributed by atoms with Crippen molar-refractivity contribution in [3.63, 3.8) is 0 Å². The highest BCUT2D eigenvalue weighted by Gasteiger charge is 2.15. The summed E-state index contributed by atoms with van der Waals surface area (Å²) < 4.78 is 26.6. The molecule has 0 spiro atoms. The van der Waals surface area contributed by atoms with Crippen molar-refractivity contribution >= 4 is 11.6 Å². The van der Waals surface area contributed by atoms with Gasteiger partial charge in [-0.1, -0.05) is 6.07 Å². The Hall–Kier alpha value is -2.77. The van der Waals surface area contributed by atoms with E-state index in [9.17, 15) is 23.2 Å². The second-order valence-corrected chi connectivity index (χ2v) is 3.54. The lowest BCUT2D eigenvalue weighted by molar-refractivity contribution is 0.102. The number of nitrogens with one attached hydrogen (secondary N) is 3. The molecule has 3 N–H and O–H groups in total. The number of hydrogen-bond acceptors (Lipinski definition) is 3. The van der Waals surface area contributed by atoms with Crippen molar-refractivity contribution in [3.05, 3.63) is 62.4 Å². The van der Waals surface area contributed by atoms with Crippen LogP contribution in [0.25, 0.3) is 0 Å². The highest BCUT2D eigenvalue weighted by atomic mass is 19.1. The average molecular weight is 267 g/mol. The molecule has 8 heteroatoms. The molecule has 0 aliphatic rings. The van der Waals surface area contributed by atoms with Gasteiger partial charge in [0.25, 0.3) is 11.5 Å². The molecular formula is C11H7F2N3O3. The molecule has 2 rings (SSSR count). The quantitative estimate of drug-likeness (QED) is 0.743. The van der Waals surface area contributed by atoms with Crippen LogP contribution < -0.4 is 16.6 Å². The van der Waals surface area contributed by atoms with E-state index >= 15 is 0 Å². The normalized spacial score (nSPS) is 10.2. The molecule has 0 saturated heterocycles. The van der Waals surface area contributed by atoms with E-state index in [1.165, 1.54) is 0 Å². The van der Waals surface area contributed by atoms with Gasteiger partial charge in [0.2, 0.25) is 0 Å². The summed E-state index contributed by atoms with van der Waals surface area (Å²) in [5.74, 6) is -3.00. The number of carbonyl (C=O) groups is 1. The van der Waals surface area contributed by atoms with Gasteiger partial charge in [-0.25, -0.2) is 13.6 Å². The molecule has 0 bridgehead atoms. The monoisotopic (exact) mass is 267 g/mol. The van der Waals surface area contributed by atoms with Gasteiger partial charge in [-0.3, -0.25) is 14.6 Å². The molecule has 0 fully saturated rings. The van der Waals surface area contributed by atoms with Gasteiger partial charge in [0.1, 0.15) is 22.9 Å². The van der Waals surface area contributed by atoms with Gasteiger partial charge < -0.3 is 10.3 Å². The molecule has 1 heterocycles. The van der Waals surface area contributed by atoms with Crippen molar-refractivity contribution in [1.29, 1.82) is 0 Å². The van der Waals surface area contributed by atoms with Crippen LogP contribution in [0.3, 0.4) is 0 Å². The predicted molar refractivity (Wildman–Crippen MR) is 62.0 cm³/mol. The Morgan fingerprint density at radius 2 is 1.79 bits per heavy atom. The number of halogens is 2. The summed E-state index contributed by atoms with van der Waals surface area (Å²) in [5.41, 5.74) is -2.89. The van der Waals surface area contributed by atoms with Gasteiger partial charge in [-0.15, -0.1) is 0 Å². The fourth-order valence-corrected chi connectivity index (χ4v) is 1.38. The number of carbonyl (C=O) groups excluding carboxylic acids is 1. The van der Waals surface area contributed by atoms with Gasteiger partial charge >= 0.3 is 5.69 Å². The summed E-state index contributed by atoms with van der Waals surface area (Å²) in [6, 6.07) is 3.04. The fourth-order valence-electron chi connectivity index (χ4n) is 1.38. The first kappa shape index (κ1) is 12.7. The van der Waals surface area contributed by atoms with E-state index in [-0.39, 0.29) is 0 Å². The summed E-state index contributed by atoms with van der Waals surface area (Å²) in [7, 11) is 0. The lowest BCUT2D eigenvalue weighted by Gasteiger charge is -2.06. The first-order chi connectivity index (χ1) is 8.99. The van der Waals surface area contributed by atoms with Crippen LogP contribution in [-0.4, -0.2) is 15.9 Å². The van der Waals surface area contributed by atoms with E-state index < -0.39 is 40.0 Å². The van der Waals surface area contributed by atoms with Crippen LogP contribution in [-0.2, 0) is 0 Å². The van der Waals surface area contributed by atoms with E-state index in [1.807, 2.05) is 10.3 Å². The van der Waals surface area contributed by atoms with Crippen LogP contribution in [0.15, 0.2) is 34.0 Å². The van der Waals surface area contributed by atoms with Crippen molar-refractivity contribution < 1.29 is 13.6 Å². The Kier molecular flexibility index (Phi) is 3.23. The third kappa shape index (κ3) is 2.57. The molecule has 2 aromatic rings. The lowest BCUT2D eigenvalue weighted by atomic mass is 10.2. The molecule has 0 aliphatic carbocycles. The van der Waals surface area contributed by atoms with E-state index in [0.29, 0.717) is 0 Å². The van der Waals surface area contributed by atoms with Crippen molar-refractivity contribution in [2.24, 2.45) is 0 Å². The van der Waals surface area contributed by atoms with E-state index in [2.05, 4.69) is 4.98 Å². The maximum atomic E-state index is 13.3. The van der Waals surface area contributed by atoms with Crippen molar-refractivity contribution in [1.82, 2.24) is 9.97 Å². The largest absolute Gasteiger partial charge is 0.325 e. The van der Waals surface area contributed by atoms with Crippen LogP contribution in [0.4, 0.5) is 14.5 Å². The summed E-state index contributed by atoms with van der Waals surface area (Å²) in [6.45, 7) is 0. The topological polar surface area (TPSA) is 94.8 Å². The maximum absolute atomic E-state index is 13.3.